The molecule has 4 nitrogen and oxygen atoms in total. The van der Waals surface area contributed by atoms with E-state index in [1.165, 1.54) is 25.7 Å². The van der Waals surface area contributed by atoms with Crippen LogP contribution in [0.25, 0.3) is 0 Å². The molecule has 4 heteroatoms. The minimum Gasteiger partial charge on any atom is -0.381 e. The fraction of sp³-hybridized carbons (Fsp3) is 0.857. The molecular weight excluding hydrogens is 314 g/mol. The maximum absolute atomic E-state index is 12.8. The van der Waals surface area contributed by atoms with E-state index < -0.39 is 0 Å². The third-order valence-corrected chi connectivity index (χ3v) is 6.91. The van der Waals surface area contributed by atoms with Crippen LogP contribution in [0.5, 0.6) is 0 Å². The number of piperidine rings is 1. The predicted octanol–water partition coefficient (Wildman–Crippen LogP) is 3.56. The number of ether oxygens (including phenoxy) is 2. The lowest BCUT2D eigenvalue weighted by molar-refractivity contribution is -0.135. The van der Waals surface area contributed by atoms with Crippen molar-refractivity contribution >= 4 is 5.91 Å². The fourth-order valence-electron chi connectivity index (χ4n) is 4.82. The Morgan fingerprint density at radius 1 is 1.20 bits per heavy atom. The molecule has 0 radical (unpaired) electrons. The topological polar surface area (TPSA) is 38.8 Å². The van der Waals surface area contributed by atoms with E-state index in [0.29, 0.717) is 17.2 Å². The molecule has 0 aromatic rings. The average Bonchev–Trinajstić information content (AvgIpc) is 3.49. The number of allylic oxidation sites excluding steroid dienone is 1. The molecule has 1 atom stereocenters. The fourth-order valence-corrected chi connectivity index (χ4v) is 4.82. The van der Waals surface area contributed by atoms with E-state index in [0.717, 1.165) is 83.1 Å². The van der Waals surface area contributed by atoms with Crippen molar-refractivity contribution < 1.29 is 14.3 Å². The van der Waals surface area contributed by atoms with Gasteiger partial charge in [0.25, 0.3) is 0 Å². The first-order chi connectivity index (χ1) is 12.3. The van der Waals surface area contributed by atoms with E-state index in [9.17, 15) is 4.79 Å². The number of rotatable bonds is 5. The second kappa shape index (κ2) is 7.79. The van der Waals surface area contributed by atoms with E-state index in [1.54, 1.807) is 0 Å². The SMILES string of the molecule is O=C(C1=CCCCC1)N1CCC2(CCOC[C@@H]2COCC2CC2)CC1. The first kappa shape index (κ1) is 17.5. The molecule has 0 aromatic heterocycles. The van der Waals surface area contributed by atoms with Crippen LogP contribution in [-0.4, -0.2) is 50.3 Å². The Balaban J connectivity index is 1.32. The molecule has 3 fully saturated rings. The second-order valence-electron chi connectivity index (χ2n) is 8.63. The summed E-state index contributed by atoms with van der Waals surface area (Å²) < 4.78 is 11.8. The Morgan fingerprint density at radius 2 is 2.04 bits per heavy atom. The van der Waals surface area contributed by atoms with Crippen LogP contribution in [0.1, 0.15) is 57.8 Å². The van der Waals surface area contributed by atoms with E-state index in [-0.39, 0.29) is 0 Å². The van der Waals surface area contributed by atoms with Gasteiger partial charge in [0.1, 0.15) is 0 Å². The third-order valence-electron chi connectivity index (χ3n) is 6.91. The van der Waals surface area contributed by atoms with Crippen molar-refractivity contribution in [2.75, 3.05) is 39.5 Å². The lowest BCUT2D eigenvalue weighted by Crippen LogP contribution is -2.50. The molecule has 0 unspecified atom stereocenters. The Bertz CT molecular complexity index is 503. The van der Waals surface area contributed by atoms with Gasteiger partial charge in [-0.2, -0.15) is 0 Å². The molecule has 2 aliphatic carbocycles. The Hall–Kier alpha value is -0.870. The highest BCUT2D eigenvalue weighted by Gasteiger charge is 2.44. The van der Waals surface area contributed by atoms with Gasteiger partial charge < -0.3 is 14.4 Å². The van der Waals surface area contributed by atoms with Gasteiger partial charge in [0.15, 0.2) is 0 Å². The lowest BCUT2D eigenvalue weighted by atomic mass is 9.66. The number of nitrogens with zero attached hydrogens (tertiary/aromatic N) is 1. The van der Waals surface area contributed by atoms with Crippen LogP contribution in [-0.2, 0) is 14.3 Å². The highest BCUT2D eigenvalue weighted by atomic mass is 16.5. The van der Waals surface area contributed by atoms with Gasteiger partial charge in [-0.05, 0) is 69.1 Å². The molecule has 4 rings (SSSR count). The maximum Gasteiger partial charge on any atom is 0.249 e. The predicted molar refractivity (Wildman–Crippen MR) is 97.3 cm³/mol. The van der Waals surface area contributed by atoms with Crippen molar-refractivity contribution in [2.45, 2.75) is 57.8 Å². The number of amides is 1. The molecule has 140 valence electrons. The summed E-state index contributed by atoms with van der Waals surface area (Å²) in [5.41, 5.74) is 1.40. The zero-order valence-electron chi connectivity index (χ0n) is 15.5. The van der Waals surface area contributed by atoms with Crippen LogP contribution in [0.4, 0.5) is 0 Å². The summed E-state index contributed by atoms with van der Waals surface area (Å²) in [5.74, 6) is 1.64. The molecule has 0 bridgehead atoms. The van der Waals surface area contributed by atoms with Crippen molar-refractivity contribution in [3.8, 4) is 0 Å². The standard InChI is InChI=1S/C21H33NO3/c23-20(18-4-2-1-3-5-18)22-11-8-21(9-12-22)10-13-24-15-19(21)16-25-14-17-6-7-17/h4,17,19H,1-3,5-16H2/t19-/m1/s1. The van der Waals surface area contributed by atoms with Crippen LogP contribution in [0, 0.1) is 17.3 Å². The van der Waals surface area contributed by atoms with Crippen molar-refractivity contribution in [2.24, 2.45) is 17.3 Å². The molecule has 2 saturated heterocycles. The maximum atomic E-state index is 12.8. The van der Waals surface area contributed by atoms with Gasteiger partial charge in [0, 0.05) is 37.8 Å². The van der Waals surface area contributed by atoms with Crippen LogP contribution >= 0.6 is 0 Å². The van der Waals surface area contributed by atoms with E-state index in [2.05, 4.69) is 11.0 Å². The molecule has 2 aliphatic heterocycles. The number of hydrogen-bond acceptors (Lipinski definition) is 3. The monoisotopic (exact) mass is 347 g/mol. The van der Waals surface area contributed by atoms with Gasteiger partial charge in [-0.1, -0.05) is 6.08 Å². The van der Waals surface area contributed by atoms with Crippen LogP contribution in [0.2, 0.25) is 0 Å². The summed E-state index contributed by atoms with van der Waals surface area (Å²) in [7, 11) is 0. The van der Waals surface area contributed by atoms with Gasteiger partial charge in [-0.3, -0.25) is 4.79 Å². The number of likely N-dealkylation sites (tertiary alicyclic amines) is 1. The lowest BCUT2D eigenvalue weighted by Gasteiger charge is -2.49. The minimum atomic E-state index is 0.308. The highest BCUT2D eigenvalue weighted by Crippen LogP contribution is 2.45. The van der Waals surface area contributed by atoms with Crippen molar-refractivity contribution in [1.82, 2.24) is 4.90 Å². The molecule has 2 heterocycles. The Labute approximate surface area is 151 Å². The summed E-state index contributed by atoms with van der Waals surface area (Å²) in [5, 5.41) is 0. The van der Waals surface area contributed by atoms with Crippen LogP contribution in [0.15, 0.2) is 11.6 Å². The van der Waals surface area contributed by atoms with Gasteiger partial charge in [-0.25, -0.2) is 0 Å². The Morgan fingerprint density at radius 3 is 2.76 bits per heavy atom. The molecule has 1 spiro atoms. The normalized spacial score (nSPS) is 29.5. The van der Waals surface area contributed by atoms with Crippen LogP contribution < -0.4 is 0 Å². The smallest absolute Gasteiger partial charge is 0.249 e. The van der Waals surface area contributed by atoms with E-state index >= 15 is 0 Å². The largest absolute Gasteiger partial charge is 0.381 e. The van der Waals surface area contributed by atoms with Gasteiger partial charge >= 0.3 is 0 Å². The zero-order valence-corrected chi connectivity index (χ0v) is 15.5. The van der Waals surface area contributed by atoms with E-state index in [4.69, 9.17) is 9.47 Å². The van der Waals surface area contributed by atoms with Crippen molar-refractivity contribution in [3.05, 3.63) is 11.6 Å². The second-order valence-corrected chi connectivity index (χ2v) is 8.63. The number of carbonyl (C=O) groups excluding carboxylic acids is 1. The average molecular weight is 347 g/mol. The Kier molecular flexibility index (Phi) is 5.47. The summed E-state index contributed by atoms with van der Waals surface area (Å²) in [6.07, 6.45) is 12.7. The molecular formula is C21H33NO3. The molecule has 0 aromatic carbocycles. The first-order valence-electron chi connectivity index (χ1n) is 10.4. The van der Waals surface area contributed by atoms with Gasteiger partial charge in [0.05, 0.1) is 13.2 Å². The zero-order chi connectivity index (χ0) is 17.1. The van der Waals surface area contributed by atoms with Crippen molar-refractivity contribution in [1.29, 1.82) is 0 Å². The summed E-state index contributed by atoms with van der Waals surface area (Å²) in [4.78, 5) is 14.9. The summed E-state index contributed by atoms with van der Waals surface area (Å²) >= 11 is 0. The molecule has 1 saturated carbocycles. The molecule has 1 amide bonds. The quantitative estimate of drug-likeness (QED) is 0.763. The van der Waals surface area contributed by atoms with Gasteiger partial charge in [-0.15, -0.1) is 0 Å². The number of carbonyl (C=O) groups is 1. The molecule has 25 heavy (non-hydrogen) atoms. The summed E-state index contributed by atoms with van der Waals surface area (Å²) in [6, 6.07) is 0. The first-order valence-corrected chi connectivity index (χ1v) is 10.4. The van der Waals surface area contributed by atoms with Gasteiger partial charge in [0.2, 0.25) is 5.91 Å². The third kappa shape index (κ3) is 4.11. The number of hydrogen-bond donors (Lipinski definition) is 0. The molecule has 0 N–H and O–H groups in total. The van der Waals surface area contributed by atoms with E-state index in [1.807, 2.05) is 0 Å². The molecule has 4 aliphatic rings. The van der Waals surface area contributed by atoms with Crippen molar-refractivity contribution in [3.63, 3.8) is 0 Å². The summed E-state index contributed by atoms with van der Waals surface area (Å²) in [6.45, 7) is 5.31. The minimum absolute atomic E-state index is 0.308. The van der Waals surface area contributed by atoms with Crippen LogP contribution in [0.3, 0.4) is 0 Å². The highest BCUT2D eigenvalue weighted by molar-refractivity contribution is 5.93.